The lowest BCUT2D eigenvalue weighted by Gasteiger charge is -2.30. The molecule has 2 aromatic heterocycles. The molecule has 2 heterocycles. The van der Waals surface area contributed by atoms with E-state index in [9.17, 15) is 9.59 Å². The number of methoxy groups -OCH3 is 1. The quantitative estimate of drug-likeness (QED) is 0.305. The molecule has 0 aliphatic heterocycles. The average molecular weight is 482 g/mol. The molecule has 0 fully saturated rings. The smallest absolute Gasteiger partial charge is 0.261 e. The van der Waals surface area contributed by atoms with Gasteiger partial charge in [0.15, 0.2) is 0 Å². The van der Waals surface area contributed by atoms with Crippen LogP contribution < -0.4 is 5.56 Å². The van der Waals surface area contributed by atoms with Crippen LogP contribution in [0.1, 0.15) is 34.9 Å². The number of benzene rings is 3. The molecular weight excluding hydrogens is 454 g/mol. The topological polar surface area (TPSA) is 77.6 Å². The number of fused-ring (bicyclic) bond motifs is 2. The molecule has 36 heavy (non-hydrogen) atoms. The van der Waals surface area contributed by atoms with Gasteiger partial charge in [-0.15, -0.1) is 0 Å². The van der Waals surface area contributed by atoms with Gasteiger partial charge in [-0.3, -0.25) is 14.2 Å². The third-order valence-corrected chi connectivity index (χ3v) is 6.44. The third kappa shape index (κ3) is 4.41. The van der Waals surface area contributed by atoms with E-state index in [2.05, 4.69) is 0 Å². The first-order valence-corrected chi connectivity index (χ1v) is 11.9. The van der Waals surface area contributed by atoms with Crippen LogP contribution in [-0.4, -0.2) is 34.1 Å². The minimum absolute atomic E-state index is 0.157. The van der Waals surface area contributed by atoms with Crippen molar-refractivity contribution in [3.63, 3.8) is 0 Å². The Labute approximate surface area is 208 Å². The monoisotopic (exact) mass is 481 g/mol. The lowest BCUT2D eigenvalue weighted by Crippen LogP contribution is -2.38. The molecule has 7 nitrogen and oxygen atoms in total. The van der Waals surface area contributed by atoms with Crippen LogP contribution in [0.4, 0.5) is 0 Å². The molecule has 3 aromatic carbocycles. The number of amides is 1. The molecule has 5 aromatic rings. The second-order valence-corrected chi connectivity index (χ2v) is 8.65. The molecule has 0 bridgehead atoms. The van der Waals surface area contributed by atoms with Crippen LogP contribution in [0.25, 0.3) is 21.7 Å². The molecule has 0 N–H and O–H groups in total. The first kappa shape index (κ1) is 23.5. The van der Waals surface area contributed by atoms with E-state index in [0.717, 1.165) is 10.8 Å². The van der Waals surface area contributed by atoms with E-state index >= 15 is 0 Å². The maximum Gasteiger partial charge on any atom is 0.261 e. The Morgan fingerprint density at radius 1 is 1.00 bits per heavy atom. The number of aromatic nitrogens is 2. The molecule has 0 radical (unpaired) electrons. The normalized spacial score (nSPS) is 12.2. The molecular formula is C29H27N3O4. The molecule has 7 heteroatoms. The molecule has 1 amide bonds. The molecule has 0 saturated heterocycles. The number of carbonyl (C=O) groups is 1. The predicted molar refractivity (Wildman–Crippen MR) is 139 cm³/mol. The Balaban J connectivity index is 1.65. The number of ether oxygens (including phenoxy) is 1. The van der Waals surface area contributed by atoms with Gasteiger partial charge in [-0.05, 0) is 48.0 Å². The van der Waals surface area contributed by atoms with Gasteiger partial charge in [0.1, 0.15) is 11.6 Å². The van der Waals surface area contributed by atoms with Crippen molar-refractivity contribution in [1.29, 1.82) is 0 Å². The third-order valence-electron chi connectivity index (χ3n) is 6.44. The van der Waals surface area contributed by atoms with E-state index in [1.165, 1.54) is 0 Å². The lowest BCUT2D eigenvalue weighted by molar-refractivity contribution is 0.0646. The molecule has 0 saturated carbocycles. The van der Waals surface area contributed by atoms with Crippen LogP contribution >= 0.6 is 0 Å². The minimum atomic E-state index is -0.532. The summed E-state index contributed by atoms with van der Waals surface area (Å²) in [6.45, 7) is 2.79. The fourth-order valence-electron chi connectivity index (χ4n) is 4.56. The van der Waals surface area contributed by atoms with Crippen molar-refractivity contribution in [2.24, 2.45) is 0 Å². The lowest BCUT2D eigenvalue weighted by atomic mass is 10.0. The number of hydrogen-bond acceptors (Lipinski definition) is 5. The predicted octanol–water partition coefficient (Wildman–Crippen LogP) is 5.19. The summed E-state index contributed by atoms with van der Waals surface area (Å²) >= 11 is 0. The Morgan fingerprint density at radius 2 is 1.75 bits per heavy atom. The van der Waals surface area contributed by atoms with E-state index in [1.54, 1.807) is 35.0 Å². The van der Waals surface area contributed by atoms with Gasteiger partial charge >= 0.3 is 0 Å². The summed E-state index contributed by atoms with van der Waals surface area (Å²) in [5.41, 5.74) is 1.02. The molecule has 0 aliphatic carbocycles. The summed E-state index contributed by atoms with van der Waals surface area (Å²) < 4.78 is 12.5. The summed E-state index contributed by atoms with van der Waals surface area (Å²) in [6.07, 6.45) is 1.59. The number of para-hydroxylation sites is 1. The highest BCUT2D eigenvalue weighted by atomic mass is 16.5. The zero-order valence-corrected chi connectivity index (χ0v) is 20.3. The average Bonchev–Trinajstić information content (AvgIpc) is 3.43. The summed E-state index contributed by atoms with van der Waals surface area (Å²) in [6, 6.07) is 23.9. The van der Waals surface area contributed by atoms with Crippen LogP contribution in [0.5, 0.6) is 0 Å². The summed E-state index contributed by atoms with van der Waals surface area (Å²) in [4.78, 5) is 34.1. The van der Waals surface area contributed by atoms with Gasteiger partial charge in [0, 0.05) is 12.7 Å². The van der Waals surface area contributed by atoms with Crippen molar-refractivity contribution < 1.29 is 13.9 Å². The zero-order valence-electron chi connectivity index (χ0n) is 20.3. The summed E-state index contributed by atoms with van der Waals surface area (Å²) in [5, 5.41) is 2.38. The van der Waals surface area contributed by atoms with Crippen LogP contribution in [0, 0.1) is 0 Å². The molecule has 5 rings (SSSR count). The van der Waals surface area contributed by atoms with Crippen molar-refractivity contribution in [2.75, 3.05) is 13.7 Å². The van der Waals surface area contributed by atoms with Crippen molar-refractivity contribution in [3.05, 3.63) is 113 Å². The van der Waals surface area contributed by atoms with Gasteiger partial charge in [-0.2, -0.15) is 0 Å². The van der Waals surface area contributed by atoms with Crippen molar-refractivity contribution in [3.8, 4) is 0 Å². The second kappa shape index (κ2) is 10.2. The summed E-state index contributed by atoms with van der Waals surface area (Å²) in [7, 11) is 1.59. The van der Waals surface area contributed by atoms with E-state index in [4.69, 9.17) is 14.1 Å². The molecule has 1 atom stereocenters. The standard InChI is InChI=1S/C29H27N3O4/c1-20(27-30-26-15-6-5-13-25(26)29(34)31(27)16-18-35-2)32(19-22-11-8-17-36-22)28(33)24-14-7-10-21-9-3-4-12-23(21)24/h3-15,17,20H,16,18-19H2,1-2H3. The van der Waals surface area contributed by atoms with Crippen LogP contribution in [0.15, 0.2) is 94.3 Å². The van der Waals surface area contributed by atoms with Crippen LogP contribution in [0.2, 0.25) is 0 Å². The van der Waals surface area contributed by atoms with Crippen molar-refractivity contribution in [2.45, 2.75) is 26.1 Å². The highest BCUT2D eigenvalue weighted by Gasteiger charge is 2.29. The van der Waals surface area contributed by atoms with Gasteiger partial charge in [-0.25, -0.2) is 4.98 Å². The highest BCUT2D eigenvalue weighted by molar-refractivity contribution is 6.07. The first-order valence-electron chi connectivity index (χ1n) is 11.9. The fraction of sp³-hybridized carbons (Fsp3) is 0.207. The molecule has 1 unspecified atom stereocenters. The van der Waals surface area contributed by atoms with E-state index in [0.29, 0.717) is 41.2 Å². The van der Waals surface area contributed by atoms with Gasteiger partial charge in [-0.1, -0.05) is 48.5 Å². The number of nitrogens with zero attached hydrogens (tertiary/aromatic N) is 3. The Hall–Kier alpha value is -4.23. The maximum atomic E-state index is 14.1. The van der Waals surface area contributed by atoms with Gasteiger partial charge < -0.3 is 14.1 Å². The molecule has 0 spiro atoms. The second-order valence-electron chi connectivity index (χ2n) is 8.65. The van der Waals surface area contributed by atoms with Crippen molar-refractivity contribution in [1.82, 2.24) is 14.5 Å². The fourth-order valence-corrected chi connectivity index (χ4v) is 4.56. The highest BCUT2D eigenvalue weighted by Crippen LogP contribution is 2.27. The maximum absolute atomic E-state index is 14.1. The SMILES string of the molecule is COCCn1c(C(C)N(Cc2ccco2)C(=O)c2cccc3ccccc23)nc2ccccc2c1=O. The Morgan fingerprint density at radius 3 is 2.53 bits per heavy atom. The number of furan rings is 1. The number of rotatable bonds is 8. The number of hydrogen-bond donors (Lipinski definition) is 0. The zero-order chi connectivity index (χ0) is 25.1. The Kier molecular flexibility index (Phi) is 6.64. The Bertz CT molecular complexity index is 1570. The first-order chi connectivity index (χ1) is 17.6. The van der Waals surface area contributed by atoms with Gasteiger partial charge in [0.05, 0.1) is 42.9 Å². The van der Waals surface area contributed by atoms with Crippen molar-refractivity contribution >= 4 is 27.6 Å². The molecule has 0 aliphatic rings. The van der Waals surface area contributed by atoms with Crippen LogP contribution in [-0.2, 0) is 17.8 Å². The minimum Gasteiger partial charge on any atom is -0.467 e. The van der Waals surface area contributed by atoms with Crippen LogP contribution in [0.3, 0.4) is 0 Å². The van der Waals surface area contributed by atoms with Gasteiger partial charge in [0.2, 0.25) is 0 Å². The largest absolute Gasteiger partial charge is 0.467 e. The molecule has 182 valence electrons. The van der Waals surface area contributed by atoms with E-state index < -0.39 is 6.04 Å². The summed E-state index contributed by atoms with van der Waals surface area (Å²) in [5.74, 6) is 0.967. The number of carbonyl (C=O) groups excluding carboxylic acids is 1. The van der Waals surface area contributed by atoms with E-state index in [-0.39, 0.29) is 18.0 Å². The van der Waals surface area contributed by atoms with E-state index in [1.807, 2.05) is 73.7 Å². The van der Waals surface area contributed by atoms with Gasteiger partial charge in [0.25, 0.3) is 11.5 Å².